The van der Waals surface area contributed by atoms with Gasteiger partial charge in [-0.1, -0.05) is 84.9 Å². The summed E-state index contributed by atoms with van der Waals surface area (Å²) in [6.07, 6.45) is 3.38. The van der Waals surface area contributed by atoms with Gasteiger partial charge >= 0.3 is 6.09 Å². The van der Waals surface area contributed by atoms with Crippen molar-refractivity contribution in [3.05, 3.63) is 48.0 Å². The molecule has 0 aliphatic carbocycles. The molecule has 8 heteroatoms. The second kappa shape index (κ2) is 14.1. The summed E-state index contributed by atoms with van der Waals surface area (Å²) in [5, 5.41) is 3.15. The van der Waals surface area contributed by atoms with Crippen LogP contribution in [0.2, 0.25) is 36.3 Å². The summed E-state index contributed by atoms with van der Waals surface area (Å²) in [4.78, 5) is 24.6. The summed E-state index contributed by atoms with van der Waals surface area (Å²) in [6.45, 7) is 26.3. The van der Waals surface area contributed by atoms with E-state index < -0.39 is 22.7 Å². The molecular weight excluding hydrogens is 511 g/mol. The van der Waals surface area contributed by atoms with Crippen molar-refractivity contribution >= 4 is 28.5 Å². The van der Waals surface area contributed by atoms with E-state index in [4.69, 9.17) is 13.6 Å². The maximum atomic E-state index is 13.0. The molecule has 0 fully saturated rings. The molecule has 0 aliphatic rings. The van der Waals surface area contributed by atoms with Crippen LogP contribution in [-0.2, 0) is 25.0 Å². The van der Waals surface area contributed by atoms with Crippen LogP contribution < -0.4 is 5.32 Å². The SMILES string of the molecule is CC(=O)/C=C/C[C@H](O[Si](C)(C)C(C)(C)C)[C@H](C)[C@@H](CO[Si](C)(C)C(C)(C)C)NC(=O)OCc1ccccc1. The van der Waals surface area contributed by atoms with E-state index in [2.05, 4.69) is 80.0 Å². The Morgan fingerprint density at radius 3 is 2.00 bits per heavy atom. The third-order valence-electron chi connectivity index (χ3n) is 8.14. The first-order valence-corrected chi connectivity index (χ1v) is 19.5. The van der Waals surface area contributed by atoms with E-state index in [1.165, 1.54) is 0 Å². The Hall–Kier alpha value is -1.75. The number of carbonyl (C=O) groups is 2. The number of alkyl carbamates (subject to hydrolysis) is 1. The highest BCUT2D eigenvalue weighted by Crippen LogP contribution is 2.40. The molecule has 0 aliphatic heterocycles. The van der Waals surface area contributed by atoms with E-state index in [1.807, 2.05) is 36.4 Å². The van der Waals surface area contributed by atoms with Gasteiger partial charge in [-0.05, 0) is 61.2 Å². The van der Waals surface area contributed by atoms with Crippen molar-refractivity contribution in [3.63, 3.8) is 0 Å². The Morgan fingerprint density at radius 1 is 0.947 bits per heavy atom. The van der Waals surface area contributed by atoms with Crippen LogP contribution in [0.25, 0.3) is 0 Å². The minimum absolute atomic E-state index is 0.00385. The normalized spacial score (nSPS) is 15.7. The van der Waals surface area contributed by atoms with Gasteiger partial charge in [-0.3, -0.25) is 4.79 Å². The van der Waals surface area contributed by atoms with Crippen molar-refractivity contribution in [2.75, 3.05) is 6.61 Å². The van der Waals surface area contributed by atoms with Crippen molar-refractivity contribution in [1.29, 1.82) is 0 Å². The maximum absolute atomic E-state index is 13.0. The second-order valence-electron chi connectivity index (χ2n) is 13.4. The van der Waals surface area contributed by atoms with Crippen molar-refractivity contribution in [1.82, 2.24) is 5.32 Å². The topological polar surface area (TPSA) is 73.9 Å². The summed E-state index contributed by atoms with van der Waals surface area (Å²) in [5.74, 6) is -0.0843. The average Bonchev–Trinajstić information content (AvgIpc) is 2.78. The van der Waals surface area contributed by atoms with Crippen LogP contribution >= 0.6 is 0 Å². The van der Waals surface area contributed by atoms with E-state index in [1.54, 1.807) is 13.0 Å². The fourth-order valence-electron chi connectivity index (χ4n) is 3.31. The zero-order valence-electron chi connectivity index (χ0n) is 25.9. The van der Waals surface area contributed by atoms with E-state index >= 15 is 0 Å². The first-order chi connectivity index (χ1) is 17.3. The molecule has 1 aromatic carbocycles. The monoisotopic (exact) mass is 563 g/mol. The van der Waals surface area contributed by atoms with Gasteiger partial charge in [-0.2, -0.15) is 0 Å². The lowest BCUT2D eigenvalue weighted by molar-refractivity contribution is -0.112. The van der Waals surface area contributed by atoms with Crippen LogP contribution in [0.3, 0.4) is 0 Å². The number of ether oxygens (including phenoxy) is 1. The molecular formula is C30H53NO5Si2. The Bertz CT molecular complexity index is 917. The van der Waals surface area contributed by atoms with Gasteiger partial charge in [0, 0.05) is 5.92 Å². The summed E-state index contributed by atoms with van der Waals surface area (Å²) in [7, 11) is -4.21. The molecule has 3 atom stereocenters. The fraction of sp³-hybridized carbons (Fsp3) is 0.667. The number of hydrogen-bond donors (Lipinski definition) is 1. The fourth-order valence-corrected chi connectivity index (χ4v) is 5.76. The number of ketones is 1. The summed E-state index contributed by atoms with van der Waals surface area (Å²) < 4.78 is 19.0. The lowest BCUT2D eigenvalue weighted by Gasteiger charge is -2.43. The molecule has 0 radical (unpaired) electrons. The van der Waals surface area contributed by atoms with Crippen LogP contribution in [0, 0.1) is 5.92 Å². The van der Waals surface area contributed by atoms with Gasteiger partial charge in [-0.25, -0.2) is 4.79 Å². The molecule has 0 saturated heterocycles. The number of nitrogens with one attached hydrogen (secondary N) is 1. The highest BCUT2D eigenvalue weighted by molar-refractivity contribution is 6.74. The van der Waals surface area contributed by atoms with Crippen LogP contribution in [0.4, 0.5) is 4.79 Å². The molecule has 6 nitrogen and oxygen atoms in total. The molecule has 38 heavy (non-hydrogen) atoms. The number of allylic oxidation sites excluding steroid dienone is 1. The Kier molecular flexibility index (Phi) is 12.7. The first-order valence-electron chi connectivity index (χ1n) is 13.7. The summed E-state index contributed by atoms with van der Waals surface area (Å²) in [6, 6.07) is 9.31. The van der Waals surface area contributed by atoms with Crippen molar-refractivity contribution in [2.24, 2.45) is 5.92 Å². The van der Waals surface area contributed by atoms with Gasteiger partial charge in [0.25, 0.3) is 0 Å². The molecule has 0 spiro atoms. The first kappa shape index (κ1) is 34.3. The quantitative estimate of drug-likeness (QED) is 0.195. The predicted molar refractivity (Wildman–Crippen MR) is 162 cm³/mol. The van der Waals surface area contributed by atoms with E-state index in [9.17, 15) is 9.59 Å². The molecule has 0 heterocycles. The second-order valence-corrected chi connectivity index (χ2v) is 23.0. The third kappa shape index (κ3) is 11.2. The van der Waals surface area contributed by atoms with Crippen molar-refractivity contribution in [3.8, 4) is 0 Å². The molecule has 0 aromatic heterocycles. The Morgan fingerprint density at radius 2 is 1.50 bits per heavy atom. The van der Waals surface area contributed by atoms with E-state index in [-0.39, 0.29) is 40.5 Å². The van der Waals surface area contributed by atoms with Crippen LogP contribution in [0.1, 0.15) is 67.4 Å². The smallest absolute Gasteiger partial charge is 0.407 e. The molecule has 1 aromatic rings. The zero-order chi connectivity index (χ0) is 29.4. The Balaban J connectivity index is 3.22. The molecule has 0 saturated carbocycles. The van der Waals surface area contributed by atoms with E-state index in [0.717, 1.165) is 5.56 Å². The molecule has 0 unspecified atom stereocenters. The van der Waals surface area contributed by atoms with Gasteiger partial charge < -0.3 is 18.9 Å². The van der Waals surface area contributed by atoms with Crippen LogP contribution in [0.5, 0.6) is 0 Å². The van der Waals surface area contributed by atoms with Crippen molar-refractivity contribution < 1.29 is 23.2 Å². The van der Waals surface area contributed by atoms with Crippen LogP contribution in [-0.4, -0.2) is 47.3 Å². The number of hydrogen-bond acceptors (Lipinski definition) is 5. The minimum atomic E-state index is -2.14. The molecule has 1 rings (SSSR count). The number of benzene rings is 1. The highest BCUT2D eigenvalue weighted by Gasteiger charge is 2.42. The lowest BCUT2D eigenvalue weighted by atomic mass is 9.94. The molecule has 1 N–H and O–H groups in total. The summed E-state index contributed by atoms with van der Waals surface area (Å²) in [5.41, 5.74) is 0.929. The molecule has 1 amide bonds. The highest BCUT2D eigenvalue weighted by atomic mass is 28.4. The zero-order valence-corrected chi connectivity index (χ0v) is 27.9. The summed E-state index contributed by atoms with van der Waals surface area (Å²) >= 11 is 0. The average molecular weight is 564 g/mol. The van der Waals surface area contributed by atoms with Gasteiger partial charge in [0.15, 0.2) is 22.4 Å². The van der Waals surface area contributed by atoms with Gasteiger partial charge in [0.2, 0.25) is 0 Å². The standard InChI is InChI=1S/C30H53NO5Si2/c1-23(32)17-16-20-27(36-38(11,12)30(6,7)8)24(2)26(22-35-37(9,10)29(3,4)5)31-28(33)34-21-25-18-14-13-15-19-25/h13-19,24,26-27H,20-22H2,1-12H3,(H,31,33)/b17-16+/t24-,26-,27+/m1/s1. The third-order valence-corrected chi connectivity index (χ3v) is 17.1. The molecule has 216 valence electrons. The molecule has 0 bridgehead atoms. The Labute approximate surface area is 234 Å². The lowest BCUT2D eigenvalue weighted by Crippen LogP contribution is -2.53. The van der Waals surface area contributed by atoms with Gasteiger partial charge in [0.1, 0.15) is 6.61 Å². The predicted octanol–water partition coefficient (Wildman–Crippen LogP) is 7.87. The number of amides is 1. The van der Waals surface area contributed by atoms with Gasteiger partial charge in [-0.15, -0.1) is 0 Å². The minimum Gasteiger partial charge on any atom is -0.445 e. The van der Waals surface area contributed by atoms with Crippen molar-refractivity contribution in [2.45, 2.75) is 117 Å². The van der Waals surface area contributed by atoms with Gasteiger partial charge in [0.05, 0.1) is 18.8 Å². The largest absolute Gasteiger partial charge is 0.445 e. The number of rotatable bonds is 13. The van der Waals surface area contributed by atoms with E-state index in [0.29, 0.717) is 13.0 Å². The number of carbonyl (C=O) groups excluding carboxylic acids is 2. The maximum Gasteiger partial charge on any atom is 0.407 e. The van der Waals surface area contributed by atoms with Crippen LogP contribution in [0.15, 0.2) is 42.5 Å².